The molecule has 4 aliphatic rings. The maximum atomic E-state index is 7.63. The van der Waals surface area contributed by atoms with E-state index >= 15 is 0 Å². The first-order valence-electron chi connectivity index (χ1n) is 20.4. The van der Waals surface area contributed by atoms with E-state index in [0.717, 1.165) is 23.7 Å². The minimum Gasteiger partial charge on any atom is -0.434 e. The zero-order valence-electron chi connectivity index (χ0n) is 33.4. The Balaban J connectivity index is 1.58. The second-order valence-electron chi connectivity index (χ2n) is 20.4. The van der Waals surface area contributed by atoms with Crippen LogP contribution >= 0.6 is 0 Å². The summed E-state index contributed by atoms with van der Waals surface area (Å²) in [6.07, 6.45) is 13.8. The maximum absolute atomic E-state index is 7.63. The lowest BCUT2D eigenvalue weighted by Crippen LogP contribution is -2.55. The molecule has 4 rings (SSSR count). The van der Waals surface area contributed by atoms with Gasteiger partial charge in [-0.25, -0.2) is 0 Å². The van der Waals surface area contributed by atoms with Crippen LogP contribution in [-0.4, -0.2) is 153 Å². The molecule has 0 N–H and O–H groups in total. The van der Waals surface area contributed by atoms with E-state index in [1.165, 1.54) is 171 Å². The summed E-state index contributed by atoms with van der Waals surface area (Å²) in [4.78, 5) is 0. The largest absolute Gasteiger partial charge is 0.434 e. The van der Waals surface area contributed by atoms with Crippen LogP contribution in [0.5, 0.6) is 0 Å². The molecule has 4 atom stereocenters. The van der Waals surface area contributed by atoms with Crippen LogP contribution in [-0.2, 0) is 8.23 Å². The number of piperidine rings is 4. The molecule has 0 saturated carbocycles. The average molecular weight is 711 g/mol. The topological polar surface area (TPSA) is 18.5 Å². The van der Waals surface area contributed by atoms with Crippen LogP contribution < -0.4 is 0 Å². The van der Waals surface area contributed by atoms with Gasteiger partial charge in [-0.15, -0.1) is 0 Å². The van der Waals surface area contributed by atoms with Crippen molar-refractivity contribution in [2.45, 2.75) is 114 Å². The number of hydrogen-bond donors (Lipinski definition) is 0. The van der Waals surface area contributed by atoms with E-state index in [1.54, 1.807) is 0 Å². The van der Waals surface area contributed by atoms with Crippen LogP contribution in [0.15, 0.2) is 0 Å². The van der Waals surface area contributed by atoms with Gasteiger partial charge in [0.05, 0.1) is 109 Å². The molecule has 0 spiro atoms. The van der Waals surface area contributed by atoms with Crippen molar-refractivity contribution in [1.29, 1.82) is 0 Å². The van der Waals surface area contributed by atoms with Crippen LogP contribution in [0.25, 0.3) is 0 Å². The molecule has 2 radical (unpaired) electrons. The summed E-state index contributed by atoms with van der Waals surface area (Å²) >= 11 is 0. The molecule has 4 heterocycles. The van der Waals surface area contributed by atoms with Gasteiger partial charge < -0.3 is 26.2 Å². The van der Waals surface area contributed by atoms with Crippen molar-refractivity contribution in [3.63, 3.8) is 0 Å². The molecule has 0 aromatic carbocycles. The second kappa shape index (κ2) is 16.8. The third-order valence-corrected chi connectivity index (χ3v) is 25.3. The van der Waals surface area contributed by atoms with Gasteiger partial charge in [-0.1, -0.05) is 26.7 Å². The molecule has 0 bridgehead atoms. The Kier molecular flexibility index (Phi) is 14.4. The molecule has 0 aromatic rings. The van der Waals surface area contributed by atoms with E-state index in [1.807, 2.05) is 0 Å². The van der Waals surface area contributed by atoms with Gasteiger partial charge in [0.15, 0.2) is 16.6 Å². The van der Waals surface area contributed by atoms with Gasteiger partial charge in [0.2, 0.25) is 0 Å². The normalized spacial score (nSPS) is 33.1. The summed E-state index contributed by atoms with van der Waals surface area (Å²) < 4.78 is 20.1. The van der Waals surface area contributed by atoms with Crippen molar-refractivity contribution in [1.82, 2.24) is 0 Å². The predicted octanol–water partition coefficient (Wildman–Crippen LogP) is 7.21. The fourth-order valence-electron chi connectivity index (χ4n) is 11.5. The summed E-state index contributed by atoms with van der Waals surface area (Å²) in [5, 5.41) is 0. The van der Waals surface area contributed by atoms with Crippen molar-refractivity contribution in [2.75, 3.05) is 109 Å². The van der Waals surface area contributed by atoms with Crippen LogP contribution in [0, 0.1) is 23.7 Å². The minimum absolute atomic E-state index is 0.286. The van der Waals surface area contributed by atoms with Crippen LogP contribution in [0.3, 0.4) is 0 Å². The first kappa shape index (κ1) is 40.2. The van der Waals surface area contributed by atoms with Crippen molar-refractivity contribution in [3.8, 4) is 0 Å². The Hall–Kier alpha value is 0.411. The average Bonchev–Trinajstić information content (AvgIpc) is 2.91. The highest BCUT2D eigenvalue weighted by atomic mass is 28.4. The Morgan fingerprint density at radius 3 is 0.936 bits per heavy atom. The van der Waals surface area contributed by atoms with E-state index in [2.05, 4.69) is 70.2 Å². The van der Waals surface area contributed by atoms with E-state index in [4.69, 9.17) is 8.23 Å². The fraction of sp³-hybridized carbons (Fsp3) is 1.00. The lowest BCUT2D eigenvalue weighted by atomic mass is 9.98. The molecule has 47 heavy (non-hydrogen) atoms. The standard InChI is InChI=1S/C38H82N4O2Si3/c1-11-25-46(31-35-17-13-21-39(3,4)27-35,32-36-18-14-22-40(5,6)28-36)43-45-44-47(26-12-2,33-37-19-15-23-41(7,8)29-37)34-38-20-16-24-42(9,10)30-38/h35-38H,11-34H2,1-10H3/q+4. The van der Waals surface area contributed by atoms with Gasteiger partial charge in [0, 0.05) is 23.7 Å². The second-order valence-corrected chi connectivity index (χ2v) is 29.5. The molecule has 6 nitrogen and oxygen atoms in total. The summed E-state index contributed by atoms with van der Waals surface area (Å²) in [5.74, 6) is 3.31. The first-order valence-corrected chi connectivity index (χ1v) is 26.2. The van der Waals surface area contributed by atoms with Crippen LogP contribution in [0.1, 0.15) is 78.1 Å². The van der Waals surface area contributed by atoms with Gasteiger partial charge in [-0.05, 0) is 87.6 Å². The molecular weight excluding hydrogens is 629 g/mol. The summed E-state index contributed by atoms with van der Waals surface area (Å²) in [6, 6.07) is 8.20. The number of nitrogens with zero attached hydrogens (tertiary/aromatic N) is 4. The van der Waals surface area contributed by atoms with Crippen LogP contribution in [0.4, 0.5) is 0 Å². The number of hydrogen-bond acceptors (Lipinski definition) is 2. The SMILES string of the molecule is CCC[Si](CC1CCC[N+](C)(C)C1)(CC1CCC[N+](C)(C)C1)O[Si]O[Si](CCC)(CC1CCC[N+](C)(C)C1)CC1CCC[N+](C)(C)C1. The van der Waals surface area contributed by atoms with Crippen molar-refractivity contribution in [3.05, 3.63) is 0 Å². The zero-order chi connectivity index (χ0) is 34.4. The summed E-state index contributed by atoms with van der Waals surface area (Å²) in [7, 11) is 16.1. The van der Waals surface area contributed by atoms with E-state index in [0.29, 0.717) is 0 Å². The highest BCUT2D eigenvalue weighted by molar-refractivity contribution is 6.80. The van der Waals surface area contributed by atoms with Crippen molar-refractivity contribution in [2.24, 2.45) is 23.7 Å². The highest BCUT2D eigenvalue weighted by Gasteiger charge is 2.47. The number of likely N-dealkylation sites (tertiary alicyclic amines) is 4. The molecule has 4 saturated heterocycles. The quantitative estimate of drug-likeness (QED) is 0.125. The number of quaternary nitrogens is 4. The van der Waals surface area contributed by atoms with Crippen LogP contribution in [0.2, 0.25) is 36.3 Å². The Labute approximate surface area is 298 Å². The Bertz CT molecular complexity index is 827. The first-order chi connectivity index (χ1) is 22.0. The van der Waals surface area contributed by atoms with E-state index in [9.17, 15) is 0 Å². The molecule has 0 aliphatic carbocycles. The number of rotatable bonds is 16. The van der Waals surface area contributed by atoms with E-state index < -0.39 is 16.6 Å². The van der Waals surface area contributed by atoms with Gasteiger partial charge in [0.25, 0.3) is 0 Å². The Morgan fingerprint density at radius 2 is 0.723 bits per heavy atom. The molecule has 0 aromatic heterocycles. The fourth-order valence-corrected chi connectivity index (χ4v) is 24.1. The summed E-state index contributed by atoms with van der Waals surface area (Å²) in [6.45, 7) is 15.6. The summed E-state index contributed by atoms with van der Waals surface area (Å²) in [5.41, 5.74) is 0. The lowest BCUT2D eigenvalue weighted by Gasteiger charge is -2.46. The molecule has 4 unspecified atom stereocenters. The lowest BCUT2D eigenvalue weighted by molar-refractivity contribution is -0.898. The third-order valence-electron chi connectivity index (χ3n) is 13.1. The molecular formula is C38H82N4O2Si3+4. The minimum atomic E-state index is -1.99. The maximum Gasteiger partial charge on any atom is 0.410 e. The van der Waals surface area contributed by atoms with Crippen molar-refractivity contribution < 1.29 is 26.2 Å². The van der Waals surface area contributed by atoms with Gasteiger partial charge >= 0.3 is 10.0 Å². The molecule has 0 amide bonds. The third kappa shape index (κ3) is 12.8. The molecule has 274 valence electrons. The molecule has 4 aliphatic heterocycles. The Morgan fingerprint density at radius 1 is 0.468 bits per heavy atom. The van der Waals surface area contributed by atoms with E-state index in [-0.39, 0.29) is 10.0 Å². The smallest absolute Gasteiger partial charge is 0.410 e. The van der Waals surface area contributed by atoms with Gasteiger partial charge in [-0.3, -0.25) is 0 Å². The van der Waals surface area contributed by atoms with Gasteiger partial charge in [0.1, 0.15) is 0 Å². The zero-order valence-corrected chi connectivity index (χ0v) is 36.4. The van der Waals surface area contributed by atoms with Gasteiger partial charge in [-0.2, -0.15) is 0 Å². The molecule has 4 fully saturated rings. The van der Waals surface area contributed by atoms with Crippen molar-refractivity contribution >= 4 is 26.6 Å². The highest BCUT2D eigenvalue weighted by Crippen LogP contribution is 2.41. The predicted molar refractivity (Wildman–Crippen MR) is 207 cm³/mol. The molecule has 9 heteroatoms. The monoisotopic (exact) mass is 711 g/mol.